The molecule has 17 heavy (non-hydrogen) atoms. The number of alkyl halides is 1. The minimum absolute atomic E-state index is 0.0307. The molecule has 0 spiro atoms. The van der Waals surface area contributed by atoms with Crippen molar-refractivity contribution in [2.45, 2.75) is 20.4 Å². The maximum absolute atomic E-state index is 11.3. The summed E-state index contributed by atoms with van der Waals surface area (Å²) in [5.41, 5.74) is 2.34. The average molecular weight is 254 g/mol. The summed E-state index contributed by atoms with van der Waals surface area (Å²) in [6.45, 7) is 4.26. The van der Waals surface area contributed by atoms with Crippen LogP contribution in [0.25, 0.3) is 0 Å². The van der Waals surface area contributed by atoms with E-state index in [1.807, 2.05) is 13.8 Å². The van der Waals surface area contributed by atoms with Crippen LogP contribution >= 0.6 is 11.6 Å². The number of aryl methyl sites for hydroxylation is 2. The van der Waals surface area contributed by atoms with E-state index in [4.69, 9.17) is 16.1 Å². The normalized spacial score (nSPS) is 10.8. The molecule has 0 aliphatic rings. The maximum atomic E-state index is 11.3. The second-order valence-corrected chi connectivity index (χ2v) is 4.05. The number of rotatable bonds is 4. The largest absolute Gasteiger partial charge is 0.361 e. The van der Waals surface area contributed by atoms with Crippen LogP contribution in [0.4, 0.5) is 0 Å². The van der Waals surface area contributed by atoms with Crippen LogP contribution in [0.3, 0.4) is 0 Å². The van der Waals surface area contributed by atoms with Gasteiger partial charge in [-0.15, -0.1) is 11.6 Å². The standard InChI is InChI=1S/C11H12ClN3O2/c1-7-10(8(2)17-14-7)6-15-5-9(4-13-15)11(16)3-12/h4-5H,3,6H2,1-2H3. The second-order valence-electron chi connectivity index (χ2n) is 3.79. The molecule has 0 atom stereocenters. The van der Waals surface area contributed by atoms with Crippen LogP contribution in [0.1, 0.15) is 27.4 Å². The quantitative estimate of drug-likeness (QED) is 0.617. The molecule has 0 bridgehead atoms. The number of halogens is 1. The zero-order chi connectivity index (χ0) is 12.4. The first kappa shape index (κ1) is 11.9. The molecular weight excluding hydrogens is 242 g/mol. The Morgan fingerprint density at radius 3 is 2.88 bits per heavy atom. The molecule has 2 aromatic rings. The molecule has 0 N–H and O–H groups in total. The predicted octanol–water partition coefficient (Wildman–Crippen LogP) is 1.96. The van der Waals surface area contributed by atoms with Crippen LogP contribution in [0.15, 0.2) is 16.9 Å². The van der Waals surface area contributed by atoms with Gasteiger partial charge in [-0.1, -0.05) is 5.16 Å². The lowest BCUT2D eigenvalue weighted by atomic mass is 10.2. The molecule has 0 fully saturated rings. The van der Waals surface area contributed by atoms with Crippen LogP contribution in [0.5, 0.6) is 0 Å². The van der Waals surface area contributed by atoms with Crippen molar-refractivity contribution in [3.63, 3.8) is 0 Å². The van der Waals surface area contributed by atoms with Gasteiger partial charge in [0.2, 0.25) is 0 Å². The second kappa shape index (κ2) is 4.71. The van der Waals surface area contributed by atoms with Crippen LogP contribution in [-0.4, -0.2) is 26.6 Å². The van der Waals surface area contributed by atoms with Gasteiger partial charge in [0.05, 0.1) is 29.9 Å². The molecule has 0 unspecified atom stereocenters. The molecule has 0 aromatic carbocycles. The van der Waals surface area contributed by atoms with Gasteiger partial charge in [0, 0.05) is 11.8 Å². The number of ketones is 1. The fourth-order valence-corrected chi connectivity index (χ4v) is 1.72. The molecule has 0 aliphatic carbocycles. The highest BCUT2D eigenvalue weighted by Crippen LogP contribution is 2.14. The average Bonchev–Trinajstić information content (AvgIpc) is 2.90. The van der Waals surface area contributed by atoms with Gasteiger partial charge in [0.25, 0.3) is 0 Å². The van der Waals surface area contributed by atoms with Gasteiger partial charge in [-0.05, 0) is 13.8 Å². The number of hydrogen-bond acceptors (Lipinski definition) is 4. The van der Waals surface area contributed by atoms with Crippen LogP contribution in [0.2, 0.25) is 0 Å². The number of Topliss-reactive ketones (excluding diaryl/α,β-unsaturated/α-hetero) is 1. The van der Waals surface area contributed by atoms with E-state index in [9.17, 15) is 4.79 Å². The zero-order valence-electron chi connectivity index (χ0n) is 9.61. The number of nitrogens with zero attached hydrogens (tertiary/aromatic N) is 3. The van der Waals surface area contributed by atoms with Crippen LogP contribution in [0, 0.1) is 13.8 Å². The number of hydrogen-bond donors (Lipinski definition) is 0. The summed E-state index contributed by atoms with van der Waals surface area (Å²) in [5, 5.41) is 7.98. The smallest absolute Gasteiger partial charge is 0.180 e. The lowest BCUT2D eigenvalue weighted by molar-refractivity contribution is 0.102. The molecule has 0 saturated carbocycles. The Balaban J connectivity index is 2.20. The summed E-state index contributed by atoms with van der Waals surface area (Å²) in [6.07, 6.45) is 3.19. The Labute approximate surface area is 103 Å². The van der Waals surface area contributed by atoms with Gasteiger partial charge < -0.3 is 4.52 Å². The minimum Gasteiger partial charge on any atom is -0.361 e. The van der Waals surface area contributed by atoms with Gasteiger partial charge in [0.15, 0.2) is 5.78 Å². The summed E-state index contributed by atoms with van der Waals surface area (Å²) in [6, 6.07) is 0. The van der Waals surface area contributed by atoms with Crippen molar-refractivity contribution < 1.29 is 9.32 Å². The topological polar surface area (TPSA) is 60.9 Å². The highest BCUT2D eigenvalue weighted by atomic mass is 35.5. The summed E-state index contributed by atoms with van der Waals surface area (Å²) >= 11 is 5.48. The van der Waals surface area contributed by atoms with Crippen molar-refractivity contribution in [2.75, 3.05) is 5.88 Å². The van der Waals surface area contributed by atoms with Crippen molar-refractivity contribution >= 4 is 17.4 Å². The van der Waals surface area contributed by atoms with E-state index in [0.29, 0.717) is 12.1 Å². The number of carbonyl (C=O) groups excluding carboxylic acids is 1. The van der Waals surface area contributed by atoms with E-state index in [0.717, 1.165) is 17.0 Å². The monoisotopic (exact) mass is 253 g/mol. The Morgan fingerprint density at radius 2 is 2.29 bits per heavy atom. The van der Waals surface area contributed by atoms with Gasteiger partial charge in [-0.3, -0.25) is 9.48 Å². The molecule has 2 heterocycles. The van der Waals surface area contributed by atoms with Crippen molar-refractivity contribution in [3.8, 4) is 0 Å². The molecule has 0 saturated heterocycles. The first-order valence-electron chi connectivity index (χ1n) is 5.15. The number of carbonyl (C=O) groups is 1. The van der Waals surface area contributed by atoms with Crippen molar-refractivity contribution in [1.82, 2.24) is 14.9 Å². The van der Waals surface area contributed by atoms with E-state index < -0.39 is 0 Å². The molecule has 0 aliphatic heterocycles. The van der Waals surface area contributed by atoms with Crippen LogP contribution < -0.4 is 0 Å². The fraction of sp³-hybridized carbons (Fsp3) is 0.364. The van der Waals surface area contributed by atoms with E-state index >= 15 is 0 Å². The lowest BCUT2D eigenvalue weighted by Gasteiger charge is -1.99. The molecule has 2 rings (SSSR count). The molecule has 0 amide bonds. The Kier molecular flexibility index (Phi) is 3.28. The Bertz CT molecular complexity index is 525. The fourth-order valence-electron chi connectivity index (χ4n) is 1.56. The van der Waals surface area contributed by atoms with E-state index in [-0.39, 0.29) is 11.7 Å². The third kappa shape index (κ3) is 2.39. The highest BCUT2D eigenvalue weighted by molar-refractivity contribution is 6.30. The van der Waals surface area contributed by atoms with Gasteiger partial charge >= 0.3 is 0 Å². The Morgan fingerprint density at radius 1 is 1.53 bits per heavy atom. The molecule has 90 valence electrons. The zero-order valence-corrected chi connectivity index (χ0v) is 10.4. The lowest BCUT2D eigenvalue weighted by Crippen LogP contribution is -2.02. The first-order valence-corrected chi connectivity index (χ1v) is 5.68. The molecule has 2 aromatic heterocycles. The van der Waals surface area contributed by atoms with Crippen LogP contribution in [-0.2, 0) is 6.54 Å². The highest BCUT2D eigenvalue weighted by Gasteiger charge is 2.12. The predicted molar refractivity (Wildman–Crippen MR) is 62.4 cm³/mol. The van der Waals surface area contributed by atoms with Gasteiger partial charge in [-0.2, -0.15) is 5.10 Å². The number of aromatic nitrogens is 3. The van der Waals surface area contributed by atoms with E-state index in [1.165, 1.54) is 6.20 Å². The summed E-state index contributed by atoms with van der Waals surface area (Å²) in [7, 11) is 0. The SMILES string of the molecule is Cc1noc(C)c1Cn1cc(C(=O)CCl)cn1. The Hall–Kier alpha value is -1.62. The minimum atomic E-state index is -0.128. The molecular formula is C11H12ClN3O2. The van der Waals surface area contributed by atoms with E-state index in [2.05, 4.69) is 10.3 Å². The maximum Gasteiger partial charge on any atom is 0.180 e. The van der Waals surface area contributed by atoms with Crippen molar-refractivity contribution in [2.24, 2.45) is 0 Å². The molecule has 0 radical (unpaired) electrons. The first-order chi connectivity index (χ1) is 8.11. The molecule has 5 nitrogen and oxygen atoms in total. The van der Waals surface area contributed by atoms with Gasteiger partial charge in [0.1, 0.15) is 5.76 Å². The summed E-state index contributed by atoms with van der Waals surface area (Å²) in [5.74, 6) is 0.608. The van der Waals surface area contributed by atoms with E-state index in [1.54, 1.807) is 10.9 Å². The van der Waals surface area contributed by atoms with Gasteiger partial charge in [-0.25, -0.2) is 0 Å². The van der Waals surface area contributed by atoms with Crippen molar-refractivity contribution in [1.29, 1.82) is 0 Å². The summed E-state index contributed by atoms with van der Waals surface area (Å²) in [4.78, 5) is 11.3. The third-order valence-electron chi connectivity index (χ3n) is 2.58. The summed E-state index contributed by atoms with van der Waals surface area (Å²) < 4.78 is 6.74. The third-order valence-corrected chi connectivity index (χ3v) is 2.82. The molecule has 6 heteroatoms. The van der Waals surface area contributed by atoms with Crippen molar-refractivity contribution in [3.05, 3.63) is 35.0 Å².